The Morgan fingerprint density at radius 2 is 2.04 bits per heavy atom. The van der Waals surface area contributed by atoms with Gasteiger partial charge in [-0.05, 0) is 42.9 Å². The van der Waals surface area contributed by atoms with Gasteiger partial charge in [-0.3, -0.25) is 4.79 Å². The molecule has 2 aromatic rings. The van der Waals surface area contributed by atoms with Crippen LogP contribution in [-0.4, -0.2) is 26.4 Å². The van der Waals surface area contributed by atoms with E-state index >= 15 is 0 Å². The molecule has 0 aliphatic carbocycles. The second kappa shape index (κ2) is 8.29. The summed E-state index contributed by atoms with van der Waals surface area (Å²) < 4.78 is 5.98. The summed E-state index contributed by atoms with van der Waals surface area (Å²) >= 11 is 1.17. The summed E-state index contributed by atoms with van der Waals surface area (Å²) in [7, 11) is 7.87. The van der Waals surface area contributed by atoms with Gasteiger partial charge in [-0.2, -0.15) is 0 Å². The van der Waals surface area contributed by atoms with Crippen molar-refractivity contribution in [3.8, 4) is 5.75 Å². The summed E-state index contributed by atoms with van der Waals surface area (Å²) in [6.07, 6.45) is 2.76. The third-order valence-electron chi connectivity index (χ3n) is 4.02. The number of rotatable bonds is 5. The number of amides is 1. The Labute approximate surface area is 149 Å². The van der Waals surface area contributed by atoms with Crippen molar-refractivity contribution in [1.29, 1.82) is 0 Å². The molecule has 124 valence electrons. The normalized spacial score (nSPS) is 10.5. The first-order valence-corrected chi connectivity index (χ1v) is 9.11. The van der Waals surface area contributed by atoms with Crippen LogP contribution in [0.15, 0.2) is 36.4 Å². The van der Waals surface area contributed by atoms with E-state index in [9.17, 15) is 4.79 Å². The third kappa shape index (κ3) is 4.15. The number of ether oxygens (including phenoxy) is 1. The molecule has 0 aliphatic rings. The zero-order valence-electron chi connectivity index (χ0n) is 14.6. The Hall–Kier alpha value is -1.88. The lowest BCUT2D eigenvalue weighted by Gasteiger charge is -2.22. The van der Waals surface area contributed by atoms with Crippen LogP contribution in [0.2, 0.25) is 0 Å². The Balaban J connectivity index is 2.25. The maximum Gasteiger partial charge on any atom is 0.285 e. The lowest BCUT2D eigenvalue weighted by molar-refractivity contribution is 0.266. The monoisotopic (exact) mass is 339 g/mol. The van der Waals surface area contributed by atoms with E-state index in [1.807, 2.05) is 31.2 Å². The van der Waals surface area contributed by atoms with Gasteiger partial charge in [0.1, 0.15) is 20.2 Å². The van der Waals surface area contributed by atoms with Crippen molar-refractivity contribution >= 4 is 36.0 Å². The van der Waals surface area contributed by atoms with Crippen molar-refractivity contribution in [2.45, 2.75) is 26.9 Å². The number of benzene rings is 2. The van der Waals surface area contributed by atoms with Crippen LogP contribution < -0.4 is 15.1 Å². The molecular formula is C19H22BNO2S. The molecular weight excluding hydrogens is 317 g/mol. The second-order valence-electron chi connectivity index (χ2n) is 5.62. The minimum atomic E-state index is -0.0367. The molecule has 2 aromatic carbocycles. The highest BCUT2D eigenvalue weighted by atomic mass is 32.2. The molecule has 0 unspecified atom stereocenters. The zero-order chi connectivity index (χ0) is 17.7. The van der Waals surface area contributed by atoms with Gasteiger partial charge in [0.25, 0.3) is 5.24 Å². The fourth-order valence-electron chi connectivity index (χ4n) is 2.54. The minimum Gasteiger partial charge on any atom is -0.489 e. The summed E-state index contributed by atoms with van der Waals surface area (Å²) in [6.45, 7) is 4.48. The van der Waals surface area contributed by atoms with Crippen molar-refractivity contribution < 1.29 is 9.53 Å². The molecule has 0 saturated heterocycles. The molecule has 0 bridgehead atoms. The van der Waals surface area contributed by atoms with E-state index in [1.54, 1.807) is 18.2 Å². The average Bonchev–Trinajstić information content (AvgIpc) is 2.59. The van der Waals surface area contributed by atoms with Crippen molar-refractivity contribution in [2.75, 3.05) is 18.2 Å². The van der Waals surface area contributed by atoms with Crippen LogP contribution >= 0.6 is 11.8 Å². The smallest absolute Gasteiger partial charge is 0.285 e. The topological polar surface area (TPSA) is 29.5 Å². The highest BCUT2D eigenvalue weighted by molar-refractivity contribution is 8.13. The molecule has 2 radical (unpaired) electrons. The molecule has 0 N–H and O–H groups in total. The van der Waals surface area contributed by atoms with Gasteiger partial charge in [-0.1, -0.05) is 48.4 Å². The Bertz CT molecular complexity index is 733. The van der Waals surface area contributed by atoms with E-state index in [-0.39, 0.29) is 5.24 Å². The highest BCUT2D eigenvalue weighted by Crippen LogP contribution is 2.24. The molecule has 0 spiro atoms. The summed E-state index contributed by atoms with van der Waals surface area (Å²) in [5.74, 6) is 0.834. The molecule has 1 amide bonds. The number of thioether (sulfide) groups is 1. The molecule has 24 heavy (non-hydrogen) atoms. The van der Waals surface area contributed by atoms with Gasteiger partial charge in [0.05, 0.1) is 5.69 Å². The maximum atomic E-state index is 12.0. The number of hydrogen-bond donors (Lipinski definition) is 0. The second-order valence-corrected chi connectivity index (χ2v) is 6.37. The van der Waals surface area contributed by atoms with Crippen molar-refractivity contribution in [3.63, 3.8) is 0 Å². The standard InChI is InChI=1S/C19H22BNO2S/c1-5-14-9-10-18(13(2)11-14)23-12-15-16(20)7-6-8-17(15)21(3)19(22)24-4/h6-11H,5,12H2,1-4H3. The fourth-order valence-corrected chi connectivity index (χ4v) is 2.91. The third-order valence-corrected chi connectivity index (χ3v) is 4.64. The van der Waals surface area contributed by atoms with E-state index in [1.165, 1.54) is 17.3 Å². The molecule has 0 aliphatic heterocycles. The van der Waals surface area contributed by atoms with Crippen LogP contribution in [-0.2, 0) is 13.0 Å². The van der Waals surface area contributed by atoms with E-state index in [2.05, 4.69) is 19.1 Å². The van der Waals surface area contributed by atoms with E-state index in [4.69, 9.17) is 12.6 Å². The minimum absolute atomic E-state index is 0.0367. The van der Waals surface area contributed by atoms with E-state index < -0.39 is 0 Å². The van der Waals surface area contributed by atoms with Crippen molar-refractivity contribution in [1.82, 2.24) is 0 Å². The largest absolute Gasteiger partial charge is 0.489 e. The zero-order valence-corrected chi connectivity index (χ0v) is 15.4. The van der Waals surface area contributed by atoms with Gasteiger partial charge >= 0.3 is 0 Å². The quantitative estimate of drug-likeness (QED) is 0.775. The molecule has 2 rings (SSSR count). The van der Waals surface area contributed by atoms with Crippen LogP contribution in [0.1, 0.15) is 23.6 Å². The first-order valence-electron chi connectivity index (χ1n) is 7.89. The molecule has 5 heteroatoms. The molecule has 0 fully saturated rings. The van der Waals surface area contributed by atoms with Gasteiger partial charge in [-0.25, -0.2) is 0 Å². The van der Waals surface area contributed by atoms with Gasteiger partial charge in [0.15, 0.2) is 0 Å². The summed E-state index contributed by atoms with van der Waals surface area (Å²) in [5.41, 5.74) is 4.60. The number of anilines is 1. The Morgan fingerprint density at radius 3 is 2.67 bits per heavy atom. The lowest BCUT2D eigenvalue weighted by Crippen LogP contribution is -2.26. The first-order chi connectivity index (χ1) is 11.5. The van der Waals surface area contributed by atoms with E-state index in [0.29, 0.717) is 12.1 Å². The van der Waals surface area contributed by atoms with Crippen LogP contribution in [0, 0.1) is 6.92 Å². The maximum absolute atomic E-state index is 12.0. The van der Waals surface area contributed by atoms with Gasteiger partial charge in [0, 0.05) is 12.6 Å². The number of hydrogen-bond acceptors (Lipinski definition) is 3. The average molecular weight is 339 g/mol. The summed E-state index contributed by atoms with van der Waals surface area (Å²) in [5, 5.41) is -0.0367. The number of carbonyl (C=O) groups is 1. The number of nitrogens with zero attached hydrogens (tertiary/aromatic N) is 1. The van der Waals surface area contributed by atoms with Crippen LogP contribution in [0.5, 0.6) is 5.75 Å². The predicted molar refractivity (Wildman–Crippen MR) is 104 cm³/mol. The molecule has 3 nitrogen and oxygen atoms in total. The lowest BCUT2D eigenvalue weighted by atomic mass is 9.89. The van der Waals surface area contributed by atoms with Crippen LogP contribution in [0.4, 0.5) is 10.5 Å². The summed E-state index contributed by atoms with van der Waals surface area (Å²) in [6, 6.07) is 11.8. The van der Waals surface area contributed by atoms with Gasteiger partial charge in [0.2, 0.25) is 0 Å². The molecule has 0 saturated carbocycles. The molecule has 0 aromatic heterocycles. The van der Waals surface area contributed by atoms with E-state index in [0.717, 1.165) is 29.0 Å². The Morgan fingerprint density at radius 1 is 1.29 bits per heavy atom. The number of aryl methyl sites for hydroxylation is 2. The summed E-state index contributed by atoms with van der Waals surface area (Å²) in [4.78, 5) is 13.6. The SMILES string of the molecule is [B]c1cccc(N(C)C(=O)SC)c1COc1ccc(CC)cc1C. The molecule has 0 heterocycles. The van der Waals surface area contributed by atoms with Crippen LogP contribution in [0.25, 0.3) is 0 Å². The fraction of sp³-hybridized carbons (Fsp3) is 0.316. The number of carbonyl (C=O) groups excluding carboxylic acids is 1. The van der Waals surface area contributed by atoms with Gasteiger partial charge < -0.3 is 9.64 Å². The van der Waals surface area contributed by atoms with Crippen LogP contribution in [0.3, 0.4) is 0 Å². The molecule has 0 atom stereocenters. The van der Waals surface area contributed by atoms with Gasteiger partial charge in [-0.15, -0.1) is 0 Å². The Kier molecular flexibility index (Phi) is 6.38. The van der Waals surface area contributed by atoms with Crippen molar-refractivity contribution in [2.24, 2.45) is 0 Å². The first kappa shape index (κ1) is 18.5. The highest BCUT2D eigenvalue weighted by Gasteiger charge is 2.15. The van der Waals surface area contributed by atoms with Crippen molar-refractivity contribution in [3.05, 3.63) is 53.1 Å². The predicted octanol–water partition coefficient (Wildman–Crippen LogP) is 3.85.